The Morgan fingerprint density at radius 3 is 2.51 bits per heavy atom. The number of rotatable bonds is 8. The first-order valence-corrected chi connectivity index (χ1v) is 13.4. The van der Waals surface area contributed by atoms with Gasteiger partial charge in [-0.25, -0.2) is 24.1 Å². The lowest BCUT2D eigenvalue weighted by Gasteiger charge is -2.31. The number of halogens is 2. The normalized spacial score (nSPS) is 16.7. The van der Waals surface area contributed by atoms with Gasteiger partial charge >= 0.3 is 6.09 Å². The van der Waals surface area contributed by atoms with Crippen molar-refractivity contribution < 1.29 is 18.7 Å². The van der Waals surface area contributed by atoms with Crippen LogP contribution in [0.1, 0.15) is 18.4 Å². The van der Waals surface area contributed by atoms with Crippen molar-refractivity contribution in [1.29, 1.82) is 0 Å². The SMILES string of the molecule is NC(=O)OCC1CCN(Cc2cc(Oc3cnc(N4CCNCC4)nc3)nc(-c3cc(F)cc(Cl)c3)c2)CC1. The van der Waals surface area contributed by atoms with Crippen molar-refractivity contribution in [3.8, 4) is 22.9 Å². The first-order chi connectivity index (χ1) is 18.9. The van der Waals surface area contributed by atoms with Gasteiger partial charge in [0.15, 0.2) is 5.75 Å². The van der Waals surface area contributed by atoms with Crippen LogP contribution in [-0.2, 0) is 11.3 Å². The van der Waals surface area contributed by atoms with Crippen LogP contribution in [0.4, 0.5) is 15.1 Å². The zero-order valence-electron chi connectivity index (χ0n) is 21.5. The molecule has 0 bridgehead atoms. The van der Waals surface area contributed by atoms with Gasteiger partial charge in [0.05, 0.1) is 24.7 Å². The van der Waals surface area contributed by atoms with Crippen molar-refractivity contribution in [3.63, 3.8) is 0 Å². The molecule has 2 aliphatic rings. The van der Waals surface area contributed by atoms with Crippen LogP contribution >= 0.6 is 11.6 Å². The predicted octanol–water partition coefficient (Wildman–Crippen LogP) is 3.84. The first-order valence-electron chi connectivity index (χ1n) is 13.0. The van der Waals surface area contributed by atoms with E-state index >= 15 is 0 Å². The Balaban J connectivity index is 1.33. The van der Waals surface area contributed by atoms with Gasteiger partial charge in [-0.3, -0.25) is 4.90 Å². The quantitative estimate of drug-likeness (QED) is 0.427. The smallest absolute Gasteiger partial charge is 0.404 e. The maximum Gasteiger partial charge on any atom is 0.404 e. The lowest BCUT2D eigenvalue weighted by Crippen LogP contribution is -2.44. The third-order valence-electron chi connectivity index (χ3n) is 6.83. The van der Waals surface area contributed by atoms with Crippen LogP contribution in [0.25, 0.3) is 11.3 Å². The summed E-state index contributed by atoms with van der Waals surface area (Å²) in [6, 6.07) is 8.13. The molecular formula is C27H31ClFN7O3. The predicted molar refractivity (Wildman–Crippen MR) is 145 cm³/mol. The molecule has 2 fully saturated rings. The summed E-state index contributed by atoms with van der Waals surface area (Å²) in [5.74, 6) is 1.32. The molecule has 12 heteroatoms. The lowest BCUT2D eigenvalue weighted by molar-refractivity contribution is 0.1000. The highest BCUT2D eigenvalue weighted by Gasteiger charge is 2.21. The summed E-state index contributed by atoms with van der Waals surface area (Å²) >= 11 is 6.13. The molecular weight excluding hydrogens is 525 g/mol. The Kier molecular flexibility index (Phi) is 8.70. The zero-order valence-corrected chi connectivity index (χ0v) is 22.2. The fraction of sp³-hybridized carbons (Fsp3) is 0.407. The van der Waals surface area contributed by atoms with Gasteiger partial charge in [-0.05, 0) is 61.7 Å². The Morgan fingerprint density at radius 1 is 1.08 bits per heavy atom. The number of piperazine rings is 1. The number of likely N-dealkylation sites (tertiary alicyclic amines) is 1. The van der Waals surface area contributed by atoms with Crippen molar-refractivity contribution >= 4 is 23.6 Å². The van der Waals surface area contributed by atoms with Gasteiger partial charge in [0.1, 0.15) is 5.82 Å². The summed E-state index contributed by atoms with van der Waals surface area (Å²) in [4.78, 5) is 28.9. The molecule has 39 heavy (non-hydrogen) atoms. The number of hydrogen-bond acceptors (Lipinski definition) is 9. The van der Waals surface area contributed by atoms with E-state index in [1.165, 1.54) is 12.1 Å². The number of pyridine rings is 1. The molecule has 0 radical (unpaired) electrons. The van der Waals surface area contributed by atoms with Crippen molar-refractivity contribution in [2.75, 3.05) is 50.8 Å². The van der Waals surface area contributed by atoms with E-state index in [1.807, 2.05) is 12.1 Å². The second-order valence-electron chi connectivity index (χ2n) is 9.76. The number of ether oxygens (including phenoxy) is 2. The molecule has 1 amide bonds. The molecule has 5 rings (SSSR count). The van der Waals surface area contributed by atoms with Gasteiger partial charge in [-0.1, -0.05) is 11.6 Å². The fourth-order valence-electron chi connectivity index (χ4n) is 4.83. The zero-order chi connectivity index (χ0) is 27.2. The molecule has 3 N–H and O–H groups in total. The molecule has 206 valence electrons. The topological polar surface area (TPSA) is 119 Å². The van der Waals surface area contributed by atoms with Crippen LogP contribution in [0.3, 0.4) is 0 Å². The number of carbonyl (C=O) groups excluding carboxylic acids is 1. The molecule has 2 saturated heterocycles. The minimum Gasteiger partial charge on any atom is -0.449 e. The Morgan fingerprint density at radius 2 is 1.82 bits per heavy atom. The minimum absolute atomic E-state index is 0.289. The highest BCUT2D eigenvalue weighted by molar-refractivity contribution is 6.30. The highest BCUT2D eigenvalue weighted by atomic mass is 35.5. The monoisotopic (exact) mass is 555 g/mol. The molecule has 3 aromatic rings. The Bertz CT molecular complexity index is 1260. The molecule has 0 spiro atoms. The number of carbonyl (C=O) groups is 1. The molecule has 0 saturated carbocycles. The first kappa shape index (κ1) is 27.0. The van der Waals surface area contributed by atoms with Crippen molar-refractivity contribution in [2.24, 2.45) is 11.7 Å². The number of nitrogens with two attached hydrogens (primary N) is 1. The second kappa shape index (κ2) is 12.5. The lowest BCUT2D eigenvalue weighted by atomic mass is 9.97. The number of nitrogens with zero attached hydrogens (tertiary/aromatic N) is 5. The number of aromatic nitrogens is 3. The van der Waals surface area contributed by atoms with E-state index in [2.05, 4.69) is 30.1 Å². The second-order valence-corrected chi connectivity index (χ2v) is 10.2. The highest BCUT2D eigenvalue weighted by Crippen LogP contribution is 2.29. The summed E-state index contributed by atoms with van der Waals surface area (Å²) in [5, 5.41) is 3.60. The number of piperidine rings is 1. The standard InChI is InChI=1S/C27H31ClFN7O3/c28-21-11-20(12-22(29)13-21)24-9-19(16-35-5-1-18(2-6-35)17-38-26(30)37)10-25(34-24)39-23-14-32-27(33-15-23)36-7-3-31-4-8-36/h9-15,18,31H,1-8,16-17H2,(H2,30,37). The Labute approximate surface area is 231 Å². The number of nitrogens with one attached hydrogen (secondary N) is 1. The minimum atomic E-state index is -0.740. The average Bonchev–Trinajstić information content (AvgIpc) is 2.93. The van der Waals surface area contributed by atoms with Gasteiger partial charge in [0, 0.05) is 49.4 Å². The van der Waals surface area contributed by atoms with E-state index in [0.717, 1.165) is 57.7 Å². The van der Waals surface area contributed by atoms with Crippen molar-refractivity contribution in [1.82, 2.24) is 25.2 Å². The van der Waals surface area contributed by atoms with Gasteiger partial charge < -0.3 is 25.4 Å². The van der Waals surface area contributed by atoms with Crippen molar-refractivity contribution in [3.05, 3.63) is 59.1 Å². The van der Waals surface area contributed by atoms with E-state index in [0.29, 0.717) is 47.9 Å². The van der Waals surface area contributed by atoms with Crippen LogP contribution in [0.15, 0.2) is 42.7 Å². The van der Waals surface area contributed by atoms with Crippen LogP contribution in [0.5, 0.6) is 11.6 Å². The largest absolute Gasteiger partial charge is 0.449 e. The van der Waals surface area contributed by atoms with Crippen LogP contribution in [0, 0.1) is 11.7 Å². The van der Waals surface area contributed by atoms with Crippen LogP contribution in [0.2, 0.25) is 5.02 Å². The van der Waals surface area contributed by atoms with E-state index in [4.69, 9.17) is 26.8 Å². The number of amides is 1. The summed E-state index contributed by atoms with van der Waals surface area (Å²) in [6.45, 7) is 6.15. The van der Waals surface area contributed by atoms with E-state index in [9.17, 15) is 9.18 Å². The van der Waals surface area contributed by atoms with Crippen LogP contribution < -0.4 is 20.7 Å². The average molecular weight is 556 g/mol. The molecule has 1 aromatic carbocycles. The molecule has 10 nitrogen and oxygen atoms in total. The van der Waals surface area contributed by atoms with E-state index in [1.54, 1.807) is 18.5 Å². The van der Waals surface area contributed by atoms with Gasteiger partial charge in [-0.15, -0.1) is 0 Å². The van der Waals surface area contributed by atoms with Gasteiger partial charge in [0.2, 0.25) is 11.8 Å². The third kappa shape index (κ3) is 7.53. The van der Waals surface area contributed by atoms with Crippen molar-refractivity contribution in [2.45, 2.75) is 19.4 Å². The Hall–Kier alpha value is -3.54. The summed E-state index contributed by atoms with van der Waals surface area (Å²) in [7, 11) is 0. The number of primary amides is 1. The van der Waals surface area contributed by atoms with Crippen LogP contribution in [-0.4, -0.2) is 71.8 Å². The molecule has 4 heterocycles. The van der Waals surface area contributed by atoms with Gasteiger partial charge in [0.25, 0.3) is 0 Å². The summed E-state index contributed by atoms with van der Waals surface area (Å²) < 4.78 is 25.2. The third-order valence-corrected chi connectivity index (χ3v) is 7.05. The molecule has 0 unspecified atom stereocenters. The van der Waals surface area contributed by atoms with E-state index < -0.39 is 11.9 Å². The fourth-order valence-corrected chi connectivity index (χ4v) is 5.05. The molecule has 0 aliphatic carbocycles. The molecule has 2 aromatic heterocycles. The maximum absolute atomic E-state index is 14.2. The number of hydrogen-bond donors (Lipinski definition) is 2. The molecule has 0 atom stereocenters. The van der Waals surface area contributed by atoms with Gasteiger partial charge in [-0.2, -0.15) is 0 Å². The molecule has 2 aliphatic heterocycles. The van der Waals surface area contributed by atoms with E-state index in [-0.39, 0.29) is 5.02 Å². The summed E-state index contributed by atoms with van der Waals surface area (Å²) in [5.41, 5.74) is 7.16. The number of benzene rings is 1. The number of anilines is 1. The summed E-state index contributed by atoms with van der Waals surface area (Å²) in [6.07, 6.45) is 4.32. The maximum atomic E-state index is 14.2.